The Morgan fingerprint density at radius 1 is 0.943 bits per heavy atom. The minimum atomic E-state index is -1.27. The number of rotatable bonds is 5. The fraction of sp³-hybridized carbons (Fsp3) is 0.154. The van der Waals surface area contributed by atoms with Crippen LogP contribution in [0, 0.1) is 0 Å². The second kappa shape index (κ2) is 8.94. The molecule has 1 aliphatic carbocycles. The van der Waals surface area contributed by atoms with Crippen LogP contribution in [0.3, 0.4) is 0 Å². The van der Waals surface area contributed by atoms with Gasteiger partial charge in [-0.2, -0.15) is 0 Å². The number of nitrogens with zero attached hydrogens (tertiary/aromatic N) is 1. The number of fused-ring (bicyclic) bond motifs is 3. The summed E-state index contributed by atoms with van der Waals surface area (Å²) in [6.45, 7) is 0.168. The quantitative estimate of drug-likeness (QED) is 0.524. The number of anilines is 1. The van der Waals surface area contributed by atoms with Gasteiger partial charge in [-0.15, -0.1) is 0 Å². The van der Waals surface area contributed by atoms with Crippen LogP contribution in [0.25, 0.3) is 11.1 Å². The predicted octanol–water partition coefficient (Wildman–Crippen LogP) is 3.38. The topological polar surface area (TPSA) is 125 Å². The van der Waals surface area contributed by atoms with Crippen molar-refractivity contribution in [3.8, 4) is 11.1 Å². The Hall–Kier alpha value is -4.66. The van der Waals surface area contributed by atoms with Gasteiger partial charge in [-0.1, -0.05) is 48.5 Å². The Morgan fingerprint density at radius 3 is 2.14 bits per heavy atom. The largest absolute Gasteiger partial charge is 0.480 e. The van der Waals surface area contributed by atoms with Gasteiger partial charge in [-0.3, -0.25) is 20.3 Å². The number of hydrogen-bond acceptors (Lipinski definition) is 5. The van der Waals surface area contributed by atoms with Crippen LogP contribution in [0.15, 0.2) is 72.8 Å². The average molecular weight is 471 g/mol. The zero-order valence-corrected chi connectivity index (χ0v) is 18.4. The Balaban J connectivity index is 1.22. The first kappa shape index (κ1) is 22.1. The highest BCUT2D eigenvalue weighted by Crippen LogP contribution is 2.44. The van der Waals surface area contributed by atoms with Crippen molar-refractivity contribution in [1.82, 2.24) is 10.4 Å². The Kier molecular flexibility index (Phi) is 5.66. The molecule has 1 unspecified atom stereocenters. The molecule has 35 heavy (non-hydrogen) atoms. The Labute approximate surface area is 200 Å². The average Bonchev–Trinajstić information content (AvgIpc) is 3.41. The van der Waals surface area contributed by atoms with Crippen LogP contribution in [0.5, 0.6) is 0 Å². The molecule has 1 heterocycles. The number of carbonyl (C=O) groups is 4. The maximum atomic E-state index is 12.6. The number of carboxylic acids is 1. The van der Waals surface area contributed by atoms with E-state index in [1.165, 1.54) is 24.3 Å². The van der Waals surface area contributed by atoms with Crippen LogP contribution in [0.2, 0.25) is 0 Å². The van der Waals surface area contributed by atoms with Gasteiger partial charge >= 0.3 is 12.1 Å². The molecule has 0 bridgehead atoms. The Morgan fingerprint density at radius 2 is 1.54 bits per heavy atom. The van der Waals surface area contributed by atoms with E-state index in [-0.39, 0.29) is 24.5 Å². The Bertz CT molecular complexity index is 1290. The number of amides is 3. The van der Waals surface area contributed by atoms with E-state index >= 15 is 0 Å². The normalized spacial score (nSPS) is 16.3. The van der Waals surface area contributed by atoms with Crippen LogP contribution in [-0.4, -0.2) is 46.6 Å². The van der Waals surface area contributed by atoms with Crippen LogP contribution in [0.1, 0.15) is 33.8 Å². The van der Waals surface area contributed by atoms with E-state index in [1.807, 2.05) is 36.4 Å². The third kappa shape index (κ3) is 4.19. The molecule has 1 fully saturated rings. The van der Waals surface area contributed by atoms with Crippen LogP contribution in [0.4, 0.5) is 10.5 Å². The highest BCUT2D eigenvalue weighted by Gasteiger charge is 2.39. The fourth-order valence-corrected chi connectivity index (χ4v) is 4.50. The molecule has 1 aliphatic heterocycles. The molecule has 0 radical (unpaired) electrons. The van der Waals surface area contributed by atoms with E-state index in [4.69, 9.17) is 4.74 Å². The lowest BCUT2D eigenvalue weighted by atomic mass is 9.98. The van der Waals surface area contributed by atoms with Gasteiger partial charge in [0.15, 0.2) is 6.04 Å². The summed E-state index contributed by atoms with van der Waals surface area (Å²) in [7, 11) is 0. The first-order valence-corrected chi connectivity index (χ1v) is 11.0. The number of benzene rings is 3. The van der Waals surface area contributed by atoms with Gasteiger partial charge in [0, 0.05) is 17.2 Å². The maximum Gasteiger partial charge on any atom is 0.411 e. The summed E-state index contributed by atoms with van der Waals surface area (Å²) < 4.78 is 5.52. The van der Waals surface area contributed by atoms with Crippen molar-refractivity contribution < 1.29 is 29.0 Å². The first-order valence-electron chi connectivity index (χ1n) is 11.0. The number of carboxylic acid groups (broad SMARTS) is 1. The summed E-state index contributed by atoms with van der Waals surface area (Å²) in [5.74, 6) is -2.54. The summed E-state index contributed by atoms with van der Waals surface area (Å²) in [5, 5.41) is 12.7. The minimum absolute atomic E-state index is 0.0639. The highest BCUT2D eigenvalue weighted by atomic mass is 16.5. The minimum Gasteiger partial charge on any atom is -0.480 e. The molecular weight excluding hydrogens is 450 g/mol. The van der Waals surface area contributed by atoms with Gasteiger partial charge in [0.2, 0.25) is 5.91 Å². The summed E-state index contributed by atoms with van der Waals surface area (Å²) in [6.07, 6.45) is -0.939. The maximum absolute atomic E-state index is 12.6. The van der Waals surface area contributed by atoms with Gasteiger partial charge in [0.1, 0.15) is 6.61 Å². The highest BCUT2D eigenvalue weighted by molar-refractivity contribution is 6.01. The molecule has 3 aromatic rings. The molecule has 3 N–H and O–H groups in total. The van der Waals surface area contributed by atoms with Crippen LogP contribution in [-0.2, 0) is 14.3 Å². The summed E-state index contributed by atoms with van der Waals surface area (Å²) in [6, 6.07) is 20.7. The van der Waals surface area contributed by atoms with Crippen molar-refractivity contribution in [3.05, 3.63) is 89.5 Å². The second-order valence-electron chi connectivity index (χ2n) is 8.30. The first-order chi connectivity index (χ1) is 16.9. The van der Waals surface area contributed by atoms with Crippen molar-refractivity contribution in [3.63, 3.8) is 0 Å². The molecular formula is C26H21N3O6. The smallest absolute Gasteiger partial charge is 0.411 e. The van der Waals surface area contributed by atoms with Crippen molar-refractivity contribution in [2.24, 2.45) is 0 Å². The molecule has 0 spiro atoms. The molecule has 176 valence electrons. The molecule has 2 aliphatic rings. The molecule has 9 heteroatoms. The van der Waals surface area contributed by atoms with E-state index in [9.17, 15) is 24.3 Å². The monoisotopic (exact) mass is 471 g/mol. The number of ether oxygens (including phenoxy) is 1. The SMILES string of the molecule is O=C1CC(C(=O)O)N(C(=O)c2ccc(NC(=O)OCC3c4ccccc4-c4ccccc43)cc2)N1. The zero-order chi connectivity index (χ0) is 24.5. The molecule has 1 saturated heterocycles. The number of nitrogens with one attached hydrogen (secondary N) is 2. The third-order valence-corrected chi connectivity index (χ3v) is 6.16. The van der Waals surface area contributed by atoms with Crippen LogP contribution >= 0.6 is 0 Å². The standard InChI is InChI=1S/C26H21N3O6/c30-23-13-22(25(32)33)29(28-23)24(31)15-9-11-16(12-10-15)27-26(34)35-14-21-19-7-3-1-5-17(19)18-6-2-4-8-20(18)21/h1-12,21-22H,13-14H2,(H,27,34)(H,28,30)(H,32,33). The lowest BCUT2D eigenvalue weighted by molar-refractivity contribution is -0.142. The lowest BCUT2D eigenvalue weighted by Gasteiger charge is -2.20. The zero-order valence-electron chi connectivity index (χ0n) is 18.4. The second-order valence-corrected chi connectivity index (χ2v) is 8.30. The van der Waals surface area contributed by atoms with E-state index in [0.29, 0.717) is 5.69 Å². The lowest BCUT2D eigenvalue weighted by Crippen LogP contribution is -2.46. The van der Waals surface area contributed by atoms with Crippen molar-refractivity contribution in [2.75, 3.05) is 11.9 Å². The van der Waals surface area contributed by atoms with Gasteiger partial charge < -0.3 is 9.84 Å². The molecule has 5 rings (SSSR count). The third-order valence-electron chi connectivity index (χ3n) is 6.16. The molecule has 9 nitrogen and oxygen atoms in total. The molecule has 1 atom stereocenters. The molecule has 3 aromatic carbocycles. The van der Waals surface area contributed by atoms with Gasteiger partial charge in [0.05, 0.1) is 6.42 Å². The molecule has 0 aromatic heterocycles. The van der Waals surface area contributed by atoms with E-state index in [2.05, 4.69) is 22.9 Å². The number of hydrogen-bond donors (Lipinski definition) is 3. The fourth-order valence-electron chi connectivity index (χ4n) is 4.50. The van der Waals surface area contributed by atoms with E-state index in [1.54, 1.807) is 0 Å². The van der Waals surface area contributed by atoms with Gasteiger partial charge in [-0.05, 0) is 46.5 Å². The molecule has 3 amide bonds. The van der Waals surface area contributed by atoms with Crippen molar-refractivity contribution >= 4 is 29.6 Å². The number of hydrazine groups is 1. The summed E-state index contributed by atoms with van der Waals surface area (Å²) >= 11 is 0. The van der Waals surface area contributed by atoms with E-state index < -0.39 is 29.9 Å². The van der Waals surface area contributed by atoms with E-state index in [0.717, 1.165) is 27.3 Å². The number of carbonyl (C=O) groups excluding carboxylic acids is 3. The van der Waals surface area contributed by atoms with Gasteiger partial charge in [-0.25, -0.2) is 14.6 Å². The summed E-state index contributed by atoms with van der Waals surface area (Å²) in [4.78, 5) is 47.9. The molecule has 0 saturated carbocycles. The summed E-state index contributed by atoms with van der Waals surface area (Å²) in [5.41, 5.74) is 7.32. The van der Waals surface area contributed by atoms with Crippen molar-refractivity contribution in [1.29, 1.82) is 0 Å². The van der Waals surface area contributed by atoms with Gasteiger partial charge in [0.25, 0.3) is 5.91 Å². The van der Waals surface area contributed by atoms with Crippen molar-refractivity contribution in [2.45, 2.75) is 18.4 Å². The number of aliphatic carboxylic acids is 1. The predicted molar refractivity (Wildman–Crippen MR) is 125 cm³/mol. The van der Waals surface area contributed by atoms with Crippen LogP contribution < -0.4 is 10.7 Å².